The molecule has 1 atom stereocenters. The van der Waals surface area contributed by atoms with Gasteiger partial charge in [-0.25, -0.2) is 9.97 Å². The van der Waals surface area contributed by atoms with E-state index in [1.807, 2.05) is 22.8 Å². The van der Waals surface area contributed by atoms with Crippen molar-refractivity contribution in [1.29, 1.82) is 0 Å². The highest BCUT2D eigenvalue weighted by Gasteiger charge is 2.27. The van der Waals surface area contributed by atoms with E-state index in [2.05, 4.69) is 9.97 Å². The summed E-state index contributed by atoms with van der Waals surface area (Å²) in [5.41, 5.74) is 1.03. The molecule has 3 rings (SSSR count). The zero-order valence-corrected chi connectivity index (χ0v) is 13.7. The van der Waals surface area contributed by atoms with Gasteiger partial charge in [0.05, 0.1) is 0 Å². The Kier molecular flexibility index (Phi) is 4.88. The molecular formula is C17H24N4O2. The number of aromatic nitrogens is 2. The van der Waals surface area contributed by atoms with E-state index in [-0.39, 0.29) is 11.8 Å². The molecule has 2 aliphatic rings. The largest absolute Gasteiger partial charge is 0.342 e. The molecule has 23 heavy (non-hydrogen) atoms. The van der Waals surface area contributed by atoms with Crippen molar-refractivity contribution in [3.8, 4) is 0 Å². The molecule has 0 saturated carbocycles. The summed E-state index contributed by atoms with van der Waals surface area (Å²) >= 11 is 0. The first-order chi connectivity index (χ1) is 11.1. The normalized spacial score (nSPS) is 21.8. The average Bonchev–Trinajstić information content (AvgIpc) is 2.98. The Balaban J connectivity index is 1.55. The van der Waals surface area contributed by atoms with Gasteiger partial charge in [0.1, 0.15) is 5.82 Å². The van der Waals surface area contributed by atoms with Crippen LogP contribution in [0, 0.1) is 6.92 Å². The molecule has 0 radical (unpaired) electrons. The van der Waals surface area contributed by atoms with Gasteiger partial charge in [-0.05, 0) is 32.3 Å². The van der Waals surface area contributed by atoms with Crippen molar-refractivity contribution >= 4 is 11.8 Å². The van der Waals surface area contributed by atoms with E-state index in [4.69, 9.17) is 0 Å². The summed E-state index contributed by atoms with van der Waals surface area (Å²) in [4.78, 5) is 36.5. The Bertz CT molecular complexity index is 590. The molecule has 2 fully saturated rings. The number of carbonyl (C=O) groups excluding carboxylic acids is 2. The van der Waals surface area contributed by atoms with Crippen molar-refractivity contribution in [3.63, 3.8) is 0 Å². The van der Waals surface area contributed by atoms with Crippen molar-refractivity contribution < 1.29 is 9.59 Å². The van der Waals surface area contributed by atoms with Gasteiger partial charge in [0.25, 0.3) is 0 Å². The summed E-state index contributed by atoms with van der Waals surface area (Å²) in [6.07, 6.45) is 5.84. The highest BCUT2D eigenvalue weighted by molar-refractivity contribution is 5.80. The number of hydrogen-bond donors (Lipinski definition) is 0. The van der Waals surface area contributed by atoms with Crippen LogP contribution in [0.2, 0.25) is 0 Å². The number of nitrogens with zero attached hydrogens (tertiary/aromatic N) is 4. The van der Waals surface area contributed by atoms with Gasteiger partial charge in [0.2, 0.25) is 11.8 Å². The third kappa shape index (κ3) is 3.86. The van der Waals surface area contributed by atoms with Crippen LogP contribution in [0.4, 0.5) is 0 Å². The van der Waals surface area contributed by atoms with Gasteiger partial charge in [-0.15, -0.1) is 0 Å². The van der Waals surface area contributed by atoms with Crippen LogP contribution in [-0.2, 0) is 9.59 Å². The van der Waals surface area contributed by atoms with E-state index in [1.165, 1.54) is 0 Å². The van der Waals surface area contributed by atoms with E-state index in [0.29, 0.717) is 25.3 Å². The number of aryl methyl sites for hydroxylation is 1. The van der Waals surface area contributed by atoms with Crippen molar-refractivity contribution in [3.05, 3.63) is 23.8 Å². The van der Waals surface area contributed by atoms with E-state index in [1.54, 1.807) is 6.20 Å². The smallest absolute Gasteiger partial charge is 0.224 e. The van der Waals surface area contributed by atoms with Crippen molar-refractivity contribution in [1.82, 2.24) is 19.8 Å². The van der Waals surface area contributed by atoms with Crippen LogP contribution in [0.3, 0.4) is 0 Å². The molecule has 0 aliphatic carbocycles. The highest BCUT2D eigenvalue weighted by atomic mass is 16.2. The molecule has 6 nitrogen and oxygen atoms in total. The number of amides is 2. The van der Waals surface area contributed by atoms with Crippen molar-refractivity contribution in [2.75, 3.05) is 26.2 Å². The topological polar surface area (TPSA) is 66.4 Å². The minimum absolute atomic E-state index is 0.153. The highest BCUT2D eigenvalue weighted by Crippen LogP contribution is 2.25. The van der Waals surface area contributed by atoms with Gasteiger partial charge in [-0.3, -0.25) is 9.59 Å². The SMILES string of the molecule is Cc1nccc([C@@H]2CCCN(C(=O)CCN3CCCC3=O)C2)n1. The molecule has 2 saturated heterocycles. The van der Waals surface area contributed by atoms with Crippen LogP contribution < -0.4 is 0 Å². The van der Waals surface area contributed by atoms with Crippen LogP contribution in [0.15, 0.2) is 12.3 Å². The summed E-state index contributed by atoms with van der Waals surface area (Å²) in [7, 11) is 0. The number of rotatable bonds is 4. The van der Waals surface area contributed by atoms with Crippen molar-refractivity contribution in [2.24, 2.45) is 0 Å². The Morgan fingerprint density at radius 2 is 2.22 bits per heavy atom. The second-order valence-electron chi connectivity index (χ2n) is 6.44. The summed E-state index contributed by atoms with van der Waals surface area (Å²) < 4.78 is 0. The number of carbonyl (C=O) groups is 2. The van der Waals surface area contributed by atoms with Gasteiger partial charge >= 0.3 is 0 Å². The van der Waals surface area contributed by atoms with Gasteiger partial charge < -0.3 is 9.80 Å². The molecule has 2 aliphatic heterocycles. The zero-order valence-electron chi connectivity index (χ0n) is 13.7. The zero-order chi connectivity index (χ0) is 16.2. The van der Waals surface area contributed by atoms with Gasteiger partial charge in [0, 0.05) is 56.8 Å². The van der Waals surface area contributed by atoms with Crippen LogP contribution in [-0.4, -0.2) is 57.8 Å². The minimum Gasteiger partial charge on any atom is -0.342 e. The number of hydrogen-bond acceptors (Lipinski definition) is 4. The van der Waals surface area contributed by atoms with E-state index in [9.17, 15) is 9.59 Å². The number of likely N-dealkylation sites (tertiary alicyclic amines) is 2. The first-order valence-electron chi connectivity index (χ1n) is 8.48. The molecule has 2 amide bonds. The lowest BCUT2D eigenvalue weighted by molar-refractivity contribution is -0.133. The lowest BCUT2D eigenvalue weighted by atomic mass is 9.94. The summed E-state index contributed by atoms with van der Waals surface area (Å²) in [6.45, 7) is 4.79. The Morgan fingerprint density at radius 3 is 2.96 bits per heavy atom. The lowest BCUT2D eigenvalue weighted by Gasteiger charge is -2.33. The second kappa shape index (κ2) is 7.06. The third-order valence-corrected chi connectivity index (χ3v) is 4.76. The van der Waals surface area contributed by atoms with Crippen LogP contribution >= 0.6 is 0 Å². The molecule has 3 heterocycles. The maximum atomic E-state index is 12.5. The van der Waals surface area contributed by atoms with E-state index in [0.717, 1.165) is 50.4 Å². The van der Waals surface area contributed by atoms with Crippen molar-refractivity contribution in [2.45, 2.75) is 44.9 Å². The summed E-state index contributed by atoms with van der Waals surface area (Å²) in [6, 6.07) is 1.95. The third-order valence-electron chi connectivity index (χ3n) is 4.76. The maximum Gasteiger partial charge on any atom is 0.224 e. The predicted molar refractivity (Wildman–Crippen MR) is 85.8 cm³/mol. The quantitative estimate of drug-likeness (QED) is 0.844. The van der Waals surface area contributed by atoms with Gasteiger partial charge in [0.15, 0.2) is 0 Å². The van der Waals surface area contributed by atoms with E-state index < -0.39 is 0 Å². The van der Waals surface area contributed by atoms with E-state index >= 15 is 0 Å². The van der Waals surface area contributed by atoms with Gasteiger partial charge in [-0.1, -0.05) is 0 Å². The predicted octanol–water partition coefficient (Wildman–Crippen LogP) is 1.50. The summed E-state index contributed by atoms with van der Waals surface area (Å²) in [5.74, 6) is 1.41. The second-order valence-corrected chi connectivity index (χ2v) is 6.44. The Labute approximate surface area is 136 Å². The molecule has 0 unspecified atom stereocenters. The monoisotopic (exact) mass is 316 g/mol. The molecule has 124 valence electrons. The first-order valence-corrected chi connectivity index (χ1v) is 8.48. The van der Waals surface area contributed by atoms with Crippen LogP contribution in [0.25, 0.3) is 0 Å². The molecule has 0 N–H and O–H groups in total. The molecule has 1 aromatic heterocycles. The molecule has 1 aromatic rings. The average molecular weight is 316 g/mol. The Morgan fingerprint density at radius 1 is 1.35 bits per heavy atom. The maximum absolute atomic E-state index is 12.5. The van der Waals surface area contributed by atoms with Gasteiger partial charge in [-0.2, -0.15) is 0 Å². The fraction of sp³-hybridized carbons (Fsp3) is 0.647. The first kappa shape index (κ1) is 15.9. The Hall–Kier alpha value is -1.98. The molecule has 0 spiro atoms. The van der Waals surface area contributed by atoms with Crippen LogP contribution in [0.5, 0.6) is 0 Å². The standard InChI is InChI=1S/C17H24N4O2/c1-13-18-8-6-15(19-13)14-4-2-10-21(12-14)17(23)7-11-20-9-3-5-16(20)22/h6,8,14H,2-5,7,9-12H2,1H3/t14-/m1/s1. The molecule has 0 aromatic carbocycles. The lowest BCUT2D eigenvalue weighted by Crippen LogP contribution is -2.41. The summed E-state index contributed by atoms with van der Waals surface area (Å²) in [5, 5.41) is 0. The molecule has 0 bridgehead atoms. The fourth-order valence-corrected chi connectivity index (χ4v) is 3.48. The van der Waals surface area contributed by atoms with Crippen LogP contribution in [0.1, 0.15) is 49.5 Å². The number of piperidine rings is 1. The minimum atomic E-state index is 0.153. The fourth-order valence-electron chi connectivity index (χ4n) is 3.48. The molecule has 6 heteroatoms. The molecular weight excluding hydrogens is 292 g/mol.